The van der Waals surface area contributed by atoms with Crippen LogP contribution in [0, 0.1) is 17.7 Å². The molecule has 3 aliphatic heterocycles. The molecule has 4 atom stereocenters. The smallest absolute Gasteiger partial charge is 0.245 e. The van der Waals surface area contributed by atoms with Crippen LogP contribution in [0.2, 0.25) is 5.02 Å². The van der Waals surface area contributed by atoms with E-state index < -0.39 is 23.2 Å². The molecule has 5 nitrogen and oxygen atoms in total. The Morgan fingerprint density at radius 2 is 2.03 bits per heavy atom. The third-order valence-corrected chi connectivity index (χ3v) is 8.48. The van der Waals surface area contributed by atoms with Gasteiger partial charge >= 0.3 is 0 Å². The molecule has 2 amide bonds. The van der Waals surface area contributed by atoms with E-state index in [2.05, 4.69) is 31.5 Å². The fourth-order valence-corrected chi connectivity index (χ4v) is 6.62. The van der Waals surface area contributed by atoms with Crippen LogP contribution >= 0.6 is 27.5 Å². The molecule has 166 valence electrons. The number of amides is 2. The average Bonchev–Trinajstić information content (AvgIpc) is 3.45. The van der Waals surface area contributed by atoms with Gasteiger partial charge in [-0.15, -0.1) is 0 Å². The van der Waals surface area contributed by atoms with Gasteiger partial charge < -0.3 is 10.6 Å². The van der Waals surface area contributed by atoms with Crippen molar-refractivity contribution >= 4 is 45.0 Å². The van der Waals surface area contributed by atoms with E-state index in [-0.39, 0.29) is 17.9 Å². The quantitative estimate of drug-likeness (QED) is 0.643. The Balaban J connectivity index is 1.57. The summed E-state index contributed by atoms with van der Waals surface area (Å²) in [6.07, 6.45) is 2.65. The molecule has 1 aliphatic carbocycles. The van der Waals surface area contributed by atoms with E-state index in [0.29, 0.717) is 39.6 Å². The number of rotatable bonds is 3. The highest BCUT2D eigenvalue weighted by molar-refractivity contribution is 9.10. The molecule has 1 spiro atoms. The number of hydrogen-bond donors (Lipinski definition) is 2. The van der Waals surface area contributed by atoms with E-state index in [1.165, 1.54) is 0 Å². The highest BCUT2D eigenvalue weighted by Crippen LogP contribution is 2.56. The molecule has 0 radical (unpaired) electrons. The number of fused-ring (bicyclic) bond motifs is 2. The molecule has 32 heavy (non-hydrogen) atoms. The summed E-state index contributed by atoms with van der Waals surface area (Å²) >= 11 is 9.47. The number of benzene rings is 2. The lowest BCUT2D eigenvalue weighted by molar-refractivity contribution is -0.129. The van der Waals surface area contributed by atoms with E-state index in [9.17, 15) is 9.59 Å². The first-order chi connectivity index (χ1) is 15.4. The van der Waals surface area contributed by atoms with Gasteiger partial charge in [0.05, 0.1) is 10.4 Å². The van der Waals surface area contributed by atoms with Crippen molar-refractivity contribution in [3.63, 3.8) is 0 Å². The van der Waals surface area contributed by atoms with Crippen LogP contribution in [0.5, 0.6) is 0 Å². The standard InChI is InChI=1S/C24H22BrClFN3O2/c25-16-3-1-2-15(21(16)27)20-19-18(10-28-22(19)31)30(11-12-4-5-12)24(20)9-13-6-7-14(26)8-17(13)29-23(24)32/h1-3,6-8,12,18-20H,4-5,9-11H2,(H,28,31)(H,29,32)/t18-,19+,20-,24+/m0/s1. The van der Waals surface area contributed by atoms with Gasteiger partial charge in [-0.2, -0.15) is 0 Å². The van der Waals surface area contributed by atoms with Crippen LogP contribution in [0.25, 0.3) is 0 Å². The second-order valence-electron chi connectivity index (χ2n) is 9.41. The summed E-state index contributed by atoms with van der Waals surface area (Å²) in [6.45, 7) is 1.21. The molecule has 3 heterocycles. The summed E-state index contributed by atoms with van der Waals surface area (Å²) in [4.78, 5) is 29.3. The molecule has 2 aromatic carbocycles. The molecular formula is C24H22BrClFN3O2. The molecule has 2 saturated heterocycles. The minimum atomic E-state index is -1.04. The zero-order chi connectivity index (χ0) is 22.2. The maximum Gasteiger partial charge on any atom is 0.245 e. The molecule has 1 saturated carbocycles. The van der Waals surface area contributed by atoms with Gasteiger partial charge in [-0.05, 0) is 64.0 Å². The van der Waals surface area contributed by atoms with Gasteiger partial charge in [0.1, 0.15) is 11.4 Å². The van der Waals surface area contributed by atoms with Gasteiger partial charge in [0.25, 0.3) is 0 Å². The van der Waals surface area contributed by atoms with E-state index in [1.54, 1.807) is 24.3 Å². The monoisotopic (exact) mass is 517 g/mol. The number of halogens is 3. The zero-order valence-electron chi connectivity index (χ0n) is 17.2. The van der Waals surface area contributed by atoms with Gasteiger partial charge in [-0.25, -0.2) is 4.39 Å². The number of hydrogen-bond acceptors (Lipinski definition) is 3. The van der Waals surface area contributed by atoms with Gasteiger partial charge in [0.2, 0.25) is 11.8 Å². The number of carbonyl (C=O) groups excluding carboxylic acids is 2. The van der Waals surface area contributed by atoms with Crippen LogP contribution in [0.1, 0.15) is 29.9 Å². The molecule has 0 aromatic heterocycles. The van der Waals surface area contributed by atoms with E-state index >= 15 is 4.39 Å². The second-order valence-corrected chi connectivity index (χ2v) is 10.7. The first-order valence-corrected chi connectivity index (χ1v) is 12.2. The summed E-state index contributed by atoms with van der Waals surface area (Å²) in [7, 11) is 0. The van der Waals surface area contributed by atoms with Crippen molar-refractivity contribution in [2.75, 3.05) is 18.4 Å². The van der Waals surface area contributed by atoms with Crippen molar-refractivity contribution < 1.29 is 14.0 Å². The minimum absolute atomic E-state index is 0.105. The van der Waals surface area contributed by atoms with Crippen molar-refractivity contribution in [1.29, 1.82) is 0 Å². The zero-order valence-corrected chi connectivity index (χ0v) is 19.5. The van der Waals surface area contributed by atoms with Gasteiger partial charge in [-0.3, -0.25) is 14.5 Å². The van der Waals surface area contributed by atoms with Crippen LogP contribution in [-0.2, 0) is 16.0 Å². The SMILES string of the molecule is O=C1NC[C@H]2[C@@H]1[C@H](c1cccc(Br)c1F)[C@@]1(Cc3ccc(Cl)cc3NC1=O)N2CC1CC1. The van der Waals surface area contributed by atoms with Crippen molar-refractivity contribution in [3.05, 3.63) is 62.8 Å². The van der Waals surface area contributed by atoms with E-state index in [0.717, 1.165) is 24.9 Å². The lowest BCUT2D eigenvalue weighted by Crippen LogP contribution is -2.62. The molecule has 3 fully saturated rings. The van der Waals surface area contributed by atoms with E-state index in [4.69, 9.17) is 11.6 Å². The van der Waals surface area contributed by atoms with Crippen molar-refractivity contribution in [2.24, 2.45) is 11.8 Å². The van der Waals surface area contributed by atoms with Crippen LogP contribution in [-0.4, -0.2) is 41.4 Å². The lowest BCUT2D eigenvalue weighted by atomic mass is 9.69. The minimum Gasteiger partial charge on any atom is -0.354 e. The first kappa shape index (κ1) is 20.6. The van der Waals surface area contributed by atoms with Crippen LogP contribution in [0.15, 0.2) is 40.9 Å². The Morgan fingerprint density at radius 1 is 1.22 bits per heavy atom. The first-order valence-electron chi connectivity index (χ1n) is 11.0. The fourth-order valence-electron chi connectivity index (χ4n) is 6.07. The van der Waals surface area contributed by atoms with Crippen LogP contribution in [0.4, 0.5) is 10.1 Å². The lowest BCUT2D eigenvalue weighted by Gasteiger charge is -2.46. The maximum atomic E-state index is 15.5. The maximum absolute atomic E-state index is 15.5. The Morgan fingerprint density at radius 3 is 2.81 bits per heavy atom. The normalized spacial score (nSPS) is 31.4. The molecule has 2 aromatic rings. The van der Waals surface area contributed by atoms with Gasteiger partial charge in [0, 0.05) is 42.2 Å². The Bertz CT molecular complexity index is 1160. The summed E-state index contributed by atoms with van der Waals surface area (Å²) in [5, 5.41) is 6.59. The molecule has 2 N–H and O–H groups in total. The number of nitrogens with zero attached hydrogens (tertiary/aromatic N) is 1. The average molecular weight is 519 g/mol. The Labute approximate surface area is 198 Å². The van der Waals surface area contributed by atoms with Crippen molar-refractivity contribution in [3.8, 4) is 0 Å². The number of nitrogens with one attached hydrogen (secondary N) is 2. The second kappa shape index (κ2) is 7.27. The summed E-state index contributed by atoms with van der Waals surface area (Å²) in [5.74, 6) is -1.27. The van der Waals surface area contributed by atoms with Gasteiger partial charge in [0.15, 0.2) is 0 Å². The van der Waals surface area contributed by atoms with E-state index in [1.807, 2.05) is 12.1 Å². The number of anilines is 1. The molecule has 6 rings (SSSR count). The van der Waals surface area contributed by atoms with Crippen molar-refractivity contribution in [2.45, 2.75) is 36.8 Å². The highest BCUT2D eigenvalue weighted by Gasteiger charge is 2.68. The molecular weight excluding hydrogens is 497 g/mol. The third-order valence-electron chi connectivity index (χ3n) is 7.63. The fraction of sp³-hybridized carbons (Fsp3) is 0.417. The largest absolute Gasteiger partial charge is 0.354 e. The predicted octanol–water partition coefficient (Wildman–Crippen LogP) is 4.10. The Kier molecular flexibility index (Phi) is 4.69. The molecule has 4 aliphatic rings. The topological polar surface area (TPSA) is 61.4 Å². The van der Waals surface area contributed by atoms with Crippen LogP contribution in [0.3, 0.4) is 0 Å². The summed E-state index contributed by atoms with van der Waals surface area (Å²) in [5.41, 5.74) is 1.01. The molecule has 0 unspecified atom stereocenters. The predicted molar refractivity (Wildman–Crippen MR) is 123 cm³/mol. The molecule has 8 heteroatoms. The highest BCUT2D eigenvalue weighted by atomic mass is 79.9. The third kappa shape index (κ3) is 2.90. The van der Waals surface area contributed by atoms with Gasteiger partial charge in [-0.1, -0.05) is 29.8 Å². The van der Waals surface area contributed by atoms with Crippen LogP contribution < -0.4 is 10.6 Å². The van der Waals surface area contributed by atoms with Crippen molar-refractivity contribution in [1.82, 2.24) is 10.2 Å². The number of likely N-dealkylation sites (tertiary alicyclic amines) is 1. The Hall–Kier alpha value is -1.96. The summed E-state index contributed by atoms with van der Waals surface area (Å²) < 4.78 is 15.8. The summed E-state index contributed by atoms with van der Waals surface area (Å²) in [6, 6.07) is 10.5. The number of carbonyl (C=O) groups is 2. The molecule has 0 bridgehead atoms.